The van der Waals surface area contributed by atoms with Gasteiger partial charge in [0.25, 0.3) is 0 Å². The van der Waals surface area contributed by atoms with Gasteiger partial charge in [0.15, 0.2) is 0 Å². The molecule has 1 aliphatic rings. The minimum atomic E-state index is -0.382. The van der Waals surface area contributed by atoms with Crippen molar-refractivity contribution in [3.8, 4) is 0 Å². The summed E-state index contributed by atoms with van der Waals surface area (Å²) in [6.45, 7) is 2.02. The normalized spacial score (nSPS) is 13.1. The highest BCUT2D eigenvalue weighted by molar-refractivity contribution is 7.17. The standard InChI is InChI=1S/C19H19NO3S/c1-12-6-8-13(9-7-12)10-11-16(21)20-18-17(19(22)23-2)14-4-3-5-15(14)24-18/h6-11H,3-5H2,1-2H3,(H,20,21). The molecule has 1 heterocycles. The Kier molecular flexibility index (Phi) is 4.81. The molecule has 1 aromatic carbocycles. The van der Waals surface area contributed by atoms with Crippen LogP contribution in [-0.2, 0) is 22.4 Å². The van der Waals surface area contributed by atoms with Crippen molar-refractivity contribution in [2.24, 2.45) is 0 Å². The number of anilines is 1. The van der Waals surface area contributed by atoms with E-state index in [4.69, 9.17) is 4.74 Å². The van der Waals surface area contributed by atoms with Crippen molar-refractivity contribution in [1.29, 1.82) is 0 Å². The summed E-state index contributed by atoms with van der Waals surface area (Å²) in [5, 5.41) is 3.42. The number of hydrogen-bond acceptors (Lipinski definition) is 4. The zero-order valence-corrected chi connectivity index (χ0v) is 14.5. The number of esters is 1. The predicted octanol–water partition coefficient (Wildman–Crippen LogP) is 3.98. The molecule has 2 aromatic rings. The van der Waals surface area contributed by atoms with Gasteiger partial charge in [-0.25, -0.2) is 4.79 Å². The first-order chi connectivity index (χ1) is 11.6. The number of rotatable bonds is 4. The first-order valence-electron chi connectivity index (χ1n) is 7.87. The van der Waals surface area contributed by atoms with Crippen LogP contribution in [0.25, 0.3) is 6.08 Å². The highest BCUT2D eigenvalue weighted by atomic mass is 32.1. The van der Waals surface area contributed by atoms with Crippen LogP contribution in [0.5, 0.6) is 0 Å². The zero-order valence-electron chi connectivity index (χ0n) is 13.7. The fraction of sp³-hybridized carbons (Fsp3) is 0.263. The lowest BCUT2D eigenvalue weighted by atomic mass is 10.1. The summed E-state index contributed by atoms with van der Waals surface area (Å²) in [7, 11) is 1.37. The van der Waals surface area contributed by atoms with Crippen LogP contribution >= 0.6 is 11.3 Å². The van der Waals surface area contributed by atoms with Gasteiger partial charge in [-0.1, -0.05) is 29.8 Å². The van der Waals surface area contributed by atoms with Crippen molar-refractivity contribution in [3.05, 3.63) is 57.5 Å². The Morgan fingerprint density at radius 2 is 1.96 bits per heavy atom. The van der Waals surface area contributed by atoms with Crippen LogP contribution in [0.2, 0.25) is 0 Å². The molecule has 1 aliphatic carbocycles. The van der Waals surface area contributed by atoms with E-state index in [1.54, 1.807) is 6.08 Å². The second kappa shape index (κ2) is 7.01. The van der Waals surface area contributed by atoms with E-state index in [0.29, 0.717) is 10.6 Å². The van der Waals surface area contributed by atoms with Crippen LogP contribution in [0, 0.1) is 6.92 Å². The molecule has 0 atom stereocenters. The molecule has 0 unspecified atom stereocenters. The van der Waals surface area contributed by atoms with Crippen LogP contribution in [0.1, 0.15) is 38.3 Å². The van der Waals surface area contributed by atoms with Crippen molar-refractivity contribution >= 4 is 34.3 Å². The van der Waals surface area contributed by atoms with Crippen molar-refractivity contribution < 1.29 is 14.3 Å². The average Bonchev–Trinajstić information content (AvgIpc) is 3.14. The highest BCUT2D eigenvalue weighted by Crippen LogP contribution is 2.39. The van der Waals surface area contributed by atoms with Gasteiger partial charge >= 0.3 is 5.97 Å². The van der Waals surface area contributed by atoms with Gasteiger partial charge in [0.05, 0.1) is 12.7 Å². The van der Waals surface area contributed by atoms with Crippen LogP contribution in [-0.4, -0.2) is 19.0 Å². The number of hydrogen-bond donors (Lipinski definition) is 1. The summed E-state index contributed by atoms with van der Waals surface area (Å²) in [4.78, 5) is 25.4. The number of amides is 1. The van der Waals surface area contributed by atoms with E-state index in [0.717, 1.165) is 30.4 Å². The third kappa shape index (κ3) is 3.41. The lowest BCUT2D eigenvalue weighted by molar-refractivity contribution is -0.111. The summed E-state index contributed by atoms with van der Waals surface area (Å²) in [6.07, 6.45) is 6.11. The summed E-state index contributed by atoms with van der Waals surface area (Å²) in [6, 6.07) is 7.91. The lowest BCUT2D eigenvalue weighted by Crippen LogP contribution is -2.12. The molecule has 1 N–H and O–H groups in total. The van der Waals surface area contributed by atoms with E-state index < -0.39 is 0 Å². The number of benzene rings is 1. The number of nitrogens with one attached hydrogen (secondary N) is 1. The molecule has 0 bridgehead atoms. The van der Waals surface area contributed by atoms with Gasteiger partial charge < -0.3 is 10.1 Å². The molecule has 0 spiro atoms. The van der Waals surface area contributed by atoms with Gasteiger partial charge in [-0.3, -0.25) is 4.79 Å². The molecule has 0 saturated heterocycles. The number of fused-ring (bicyclic) bond motifs is 1. The fourth-order valence-corrected chi connectivity index (χ4v) is 4.09. The first kappa shape index (κ1) is 16.5. The Morgan fingerprint density at radius 1 is 1.21 bits per heavy atom. The zero-order chi connectivity index (χ0) is 17.1. The molecule has 0 saturated carbocycles. The van der Waals surface area contributed by atoms with E-state index >= 15 is 0 Å². The minimum Gasteiger partial charge on any atom is -0.465 e. The second-order valence-electron chi connectivity index (χ2n) is 5.79. The van der Waals surface area contributed by atoms with Crippen LogP contribution in [0.3, 0.4) is 0 Å². The van der Waals surface area contributed by atoms with Gasteiger partial charge in [-0.2, -0.15) is 0 Å². The minimum absolute atomic E-state index is 0.249. The van der Waals surface area contributed by atoms with E-state index in [1.807, 2.05) is 31.2 Å². The van der Waals surface area contributed by atoms with Crippen molar-refractivity contribution in [2.45, 2.75) is 26.2 Å². The number of aryl methyl sites for hydroxylation is 2. The Hall–Kier alpha value is -2.40. The van der Waals surface area contributed by atoms with E-state index in [1.165, 1.54) is 35.0 Å². The Balaban J connectivity index is 1.77. The molecule has 1 aromatic heterocycles. The molecular formula is C19H19NO3S. The Bertz CT molecular complexity index is 803. The molecule has 0 aliphatic heterocycles. The summed E-state index contributed by atoms with van der Waals surface area (Å²) in [5.41, 5.74) is 3.68. The quantitative estimate of drug-likeness (QED) is 0.676. The molecule has 24 heavy (non-hydrogen) atoms. The molecule has 124 valence electrons. The van der Waals surface area contributed by atoms with E-state index in [9.17, 15) is 9.59 Å². The maximum atomic E-state index is 12.2. The Morgan fingerprint density at radius 3 is 2.67 bits per heavy atom. The van der Waals surface area contributed by atoms with Gasteiger partial charge in [0.2, 0.25) is 5.91 Å². The molecule has 0 fully saturated rings. The van der Waals surface area contributed by atoms with Crippen molar-refractivity contribution in [2.75, 3.05) is 12.4 Å². The number of carbonyl (C=O) groups is 2. The monoisotopic (exact) mass is 341 g/mol. The smallest absolute Gasteiger partial charge is 0.341 e. The topological polar surface area (TPSA) is 55.4 Å². The number of thiophene rings is 1. The van der Waals surface area contributed by atoms with Crippen LogP contribution in [0.4, 0.5) is 5.00 Å². The molecule has 4 nitrogen and oxygen atoms in total. The van der Waals surface area contributed by atoms with Gasteiger partial charge in [0.1, 0.15) is 5.00 Å². The largest absolute Gasteiger partial charge is 0.465 e. The molecule has 0 radical (unpaired) electrons. The maximum Gasteiger partial charge on any atom is 0.341 e. The van der Waals surface area contributed by atoms with Crippen LogP contribution in [0.15, 0.2) is 30.3 Å². The molecular weight excluding hydrogens is 322 g/mol. The molecule has 5 heteroatoms. The summed E-state index contributed by atoms with van der Waals surface area (Å²) in [5.74, 6) is -0.632. The predicted molar refractivity (Wildman–Crippen MR) is 96.5 cm³/mol. The maximum absolute atomic E-state index is 12.2. The number of carbonyl (C=O) groups excluding carboxylic acids is 2. The SMILES string of the molecule is COC(=O)c1c(NC(=O)C=Cc2ccc(C)cc2)sc2c1CCC2. The third-order valence-corrected chi connectivity index (χ3v) is 5.26. The van der Waals surface area contributed by atoms with E-state index in [-0.39, 0.29) is 11.9 Å². The first-order valence-corrected chi connectivity index (χ1v) is 8.68. The Labute approximate surface area is 145 Å². The van der Waals surface area contributed by atoms with Gasteiger partial charge in [-0.15, -0.1) is 11.3 Å². The molecule has 3 rings (SSSR count). The summed E-state index contributed by atoms with van der Waals surface area (Å²) < 4.78 is 4.88. The van der Waals surface area contributed by atoms with Gasteiger partial charge in [0, 0.05) is 11.0 Å². The van der Waals surface area contributed by atoms with Crippen molar-refractivity contribution in [1.82, 2.24) is 0 Å². The number of ether oxygens (including phenoxy) is 1. The van der Waals surface area contributed by atoms with E-state index in [2.05, 4.69) is 5.32 Å². The fourth-order valence-electron chi connectivity index (χ4n) is 2.81. The van der Waals surface area contributed by atoms with Crippen molar-refractivity contribution in [3.63, 3.8) is 0 Å². The number of methoxy groups -OCH3 is 1. The summed E-state index contributed by atoms with van der Waals surface area (Å²) >= 11 is 1.48. The van der Waals surface area contributed by atoms with Crippen LogP contribution < -0.4 is 5.32 Å². The highest BCUT2D eigenvalue weighted by Gasteiger charge is 2.27. The van der Waals surface area contributed by atoms with Gasteiger partial charge in [-0.05, 0) is 43.4 Å². The molecule has 1 amide bonds. The second-order valence-corrected chi connectivity index (χ2v) is 6.89. The lowest BCUT2D eigenvalue weighted by Gasteiger charge is -2.05. The third-order valence-electron chi connectivity index (χ3n) is 4.05. The average molecular weight is 341 g/mol.